The maximum atomic E-state index is 9.12. The van der Waals surface area contributed by atoms with Crippen LogP contribution in [0.2, 0.25) is 0 Å². The Bertz CT molecular complexity index is 433. The Kier molecular flexibility index (Phi) is 4.29. The third-order valence-electron chi connectivity index (χ3n) is 4.16. The van der Waals surface area contributed by atoms with Crippen molar-refractivity contribution in [1.82, 2.24) is 0 Å². The summed E-state index contributed by atoms with van der Waals surface area (Å²) in [6.45, 7) is 9.91. The highest BCUT2D eigenvalue weighted by Gasteiger charge is 2.40. The first-order valence-corrected chi connectivity index (χ1v) is 6.98. The normalized spacial score (nSPS) is 17.9. The van der Waals surface area contributed by atoms with Crippen molar-refractivity contribution in [3.05, 3.63) is 33.9 Å². The van der Waals surface area contributed by atoms with Gasteiger partial charge >= 0.3 is 0 Å². The fourth-order valence-corrected chi connectivity index (χ4v) is 2.97. The lowest BCUT2D eigenvalue weighted by molar-refractivity contribution is -0.173. The molecule has 1 heterocycles. The van der Waals surface area contributed by atoms with Gasteiger partial charge in [0.25, 0.3) is 0 Å². The quantitative estimate of drug-likeness (QED) is 0.908. The van der Waals surface area contributed by atoms with Gasteiger partial charge in [0.05, 0.1) is 13.2 Å². The minimum atomic E-state index is -0.659. The monoisotopic (exact) mass is 264 g/mol. The van der Waals surface area contributed by atoms with Gasteiger partial charge < -0.3 is 14.6 Å². The average molecular weight is 264 g/mol. The molecule has 106 valence electrons. The SMILES string of the molecule is Cc1cc(C)c(C)c(C2(CCCO)OCCO2)c1C. The third-order valence-corrected chi connectivity index (χ3v) is 4.16. The van der Waals surface area contributed by atoms with E-state index >= 15 is 0 Å². The minimum Gasteiger partial charge on any atom is -0.396 e. The molecule has 0 aliphatic carbocycles. The van der Waals surface area contributed by atoms with Crippen molar-refractivity contribution >= 4 is 0 Å². The van der Waals surface area contributed by atoms with Gasteiger partial charge in [-0.15, -0.1) is 0 Å². The van der Waals surface area contributed by atoms with E-state index in [0.29, 0.717) is 26.1 Å². The molecule has 1 N–H and O–H groups in total. The predicted molar refractivity (Wildman–Crippen MR) is 75.3 cm³/mol. The molecule has 0 amide bonds. The van der Waals surface area contributed by atoms with Crippen LogP contribution in [-0.2, 0) is 15.3 Å². The molecule has 1 aromatic carbocycles. The Morgan fingerprint density at radius 1 is 1.05 bits per heavy atom. The minimum absolute atomic E-state index is 0.164. The van der Waals surface area contributed by atoms with Crippen LogP contribution in [0.25, 0.3) is 0 Å². The second-order valence-electron chi connectivity index (χ2n) is 5.41. The van der Waals surface area contributed by atoms with Crippen molar-refractivity contribution in [3.63, 3.8) is 0 Å². The Balaban J connectivity index is 2.53. The number of hydrogen-bond donors (Lipinski definition) is 1. The van der Waals surface area contributed by atoms with Crippen molar-refractivity contribution in [1.29, 1.82) is 0 Å². The topological polar surface area (TPSA) is 38.7 Å². The van der Waals surface area contributed by atoms with E-state index in [0.717, 1.165) is 5.56 Å². The third kappa shape index (κ3) is 2.55. The Morgan fingerprint density at radius 2 is 1.58 bits per heavy atom. The van der Waals surface area contributed by atoms with E-state index in [9.17, 15) is 0 Å². The van der Waals surface area contributed by atoms with Crippen LogP contribution in [0.1, 0.15) is 40.7 Å². The molecular weight excluding hydrogens is 240 g/mol. The molecule has 2 rings (SSSR count). The molecule has 19 heavy (non-hydrogen) atoms. The highest BCUT2D eigenvalue weighted by atomic mass is 16.7. The lowest BCUT2D eigenvalue weighted by atomic mass is 9.87. The first-order valence-electron chi connectivity index (χ1n) is 6.98. The molecule has 0 unspecified atom stereocenters. The Morgan fingerprint density at radius 3 is 2.05 bits per heavy atom. The zero-order valence-electron chi connectivity index (χ0n) is 12.4. The number of benzene rings is 1. The fraction of sp³-hybridized carbons (Fsp3) is 0.625. The number of aryl methyl sites for hydroxylation is 2. The zero-order chi connectivity index (χ0) is 14.0. The number of ether oxygens (including phenoxy) is 2. The summed E-state index contributed by atoms with van der Waals surface area (Å²) in [6, 6.07) is 2.21. The van der Waals surface area contributed by atoms with Gasteiger partial charge in [0.1, 0.15) is 0 Å². The molecule has 3 nitrogen and oxygen atoms in total. The molecule has 1 fully saturated rings. The predicted octanol–water partition coefficient (Wildman–Crippen LogP) is 2.89. The van der Waals surface area contributed by atoms with Crippen molar-refractivity contribution < 1.29 is 14.6 Å². The molecule has 0 spiro atoms. The van der Waals surface area contributed by atoms with E-state index in [1.54, 1.807) is 0 Å². The molecule has 1 aliphatic heterocycles. The van der Waals surface area contributed by atoms with Gasteiger partial charge in [-0.2, -0.15) is 0 Å². The van der Waals surface area contributed by atoms with E-state index in [2.05, 4.69) is 33.8 Å². The van der Waals surface area contributed by atoms with E-state index in [4.69, 9.17) is 14.6 Å². The first kappa shape index (κ1) is 14.5. The summed E-state index contributed by atoms with van der Waals surface area (Å²) in [4.78, 5) is 0. The molecule has 0 radical (unpaired) electrons. The smallest absolute Gasteiger partial charge is 0.195 e. The van der Waals surface area contributed by atoms with E-state index < -0.39 is 5.79 Å². The average Bonchev–Trinajstić information content (AvgIpc) is 2.84. The lowest BCUT2D eigenvalue weighted by Gasteiger charge is -2.32. The number of rotatable bonds is 4. The summed E-state index contributed by atoms with van der Waals surface area (Å²) in [5.74, 6) is -0.659. The number of hydrogen-bond acceptors (Lipinski definition) is 3. The highest BCUT2D eigenvalue weighted by Crippen LogP contribution is 2.41. The summed E-state index contributed by atoms with van der Waals surface area (Å²) >= 11 is 0. The maximum absolute atomic E-state index is 9.12. The van der Waals surface area contributed by atoms with Gasteiger partial charge in [0, 0.05) is 18.6 Å². The van der Waals surface area contributed by atoms with Crippen LogP contribution in [0.3, 0.4) is 0 Å². The molecule has 0 saturated carbocycles. The second kappa shape index (κ2) is 5.61. The highest BCUT2D eigenvalue weighted by molar-refractivity contribution is 5.46. The summed E-state index contributed by atoms with van der Waals surface area (Å²) in [7, 11) is 0. The van der Waals surface area contributed by atoms with E-state index in [1.807, 2.05) is 0 Å². The van der Waals surface area contributed by atoms with Crippen LogP contribution < -0.4 is 0 Å². The second-order valence-corrected chi connectivity index (χ2v) is 5.41. The Hall–Kier alpha value is -0.900. The standard InChI is InChI=1S/C16H24O3/c1-11-10-12(2)14(4)15(13(11)3)16(6-5-7-17)18-8-9-19-16/h10,17H,5-9H2,1-4H3. The van der Waals surface area contributed by atoms with Crippen molar-refractivity contribution in [2.75, 3.05) is 19.8 Å². The molecule has 1 aromatic rings. The van der Waals surface area contributed by atoms with Crippen LogP contribution in [0.15, 0.2) is 6.07 Å². The van der Waals surface area contributed by atoms with Gasteiger partial charge in [-0.1, -0.05) is 6.07 Å². The lowest BCUT2D eigenvalue weighted by Crippen LogP contribution is -2.30. The van der Waals surface area contributed by atoms with Crippen LogP contribution in [0.5, 0.6) is 0 Å². The Labute approximate surface area is 115 Å². The molecule has 0 atom stereocenters. The zero-order valence-corrected chi connectivity index (χ0v) is 12.4. The molecule has 0 aromatic heterocycles. The van der Waals surface area contributed by atoms with Crippen LogP contribution in [-0.4, -0.2) is 24.9 Å². The van der Waals surface area contributed by atoms with Gasteiger partial charge in [-0.25, -0.2) is 0 Å². The number of aliphatic hydroxyl groups is 1. The summed E-state index contributed by atoms with van der Waals surface area (Å²) < 4.78 is 11.9. The summed E-state index contributed by atoms with van der Waals surface area (Å²) in [5, 5.41) is 9.12. The van der Waals surface area contributed by atoms with Crippen LogP contribution in [0, 0.1) is 27.7 Å². The van der Waals surface area contributed by atoms with Gasteiger partial charge in [-0.05, 0) is 56.4 Å². The maximum Gasteiger partial charge on any atom is 0.195 e. The molecule has 0 bridgehead atoms. The summed E-state index contributed by atoms with van der Waals surface area (Å²) in [6.07, 6.45) is 1.39. The molecule has 3 heteroatoms. The van der Waals surface area contributed by atoms with Crippen LogP contribution >= 0.6 is 0 Å². The largest absolute Gasteiger partial charge is 0.396 e. The van der Waals surface area contributed by atoms with Gasteiger partial charge in [0.15, 0.2) is 5.79 Å². The van der Waals surface area contributed by atoms with Gasteiger partial charge in [-0.3, -0.25) is 0 Å². The van der Waals surface area contributed by atoms with E-state index in [1.165, 1.54) is 22.3 Å². The first-order chi connectivity index (χ1) is 9.02. The summed E-state index contributed by atoms with van der Waals surface area (Å²) in [5.41, 5.74) is 6.17. The number of aliphatic hydroxyl groups excluding tert-OH is 1. The van der Waals surface area contributed by atoms with Crippen LogP contribution in [0.4, 0.5) is 0 Å². The molecule has 1 saturated heterocycles. The van der Waals surface area contributed by atoms with Gasteiger partial charge in [0.2, 0.25) is 0 Å². The molecular formula is C16H24O3. The van der Waals surface area contributed by atoms with Crippen molar-refractivity contribution in [2.24, 2.45) is 0 Å². The fourth-order valence-electron chi connectivity index (χ4n) is 2.97. The van der Waals surface area contributed by atoms with E-state index in [-0.39, 0.29) is 6.61 Å². The van der Waals surface area contributed by atoms with Crippen molar-refractivity contribution in [2.45, 2.75) is 46.3 Å². The molecule has 1 aliphatic rings. The van der Waals surface area contributed by atoms with Crippen molar-refractivity contribution in [3.8, 4) is 0 Å².